The van der Waals surface area contributed by atoms with Crippen LogP contribution in [0.1, 0.15) is 0 Å². The summed E-state index contributed by atoms with van der Waals surface area (Å²) in [5.74, 6) is 0. The predicted octanol–water partition coefficient (Wildman–Crippen LogP) is -1.22. The van der Waals surface area contributed by atoms with Crippen molar-refractivity contribution in [2.75, 3.05) is 39.3 Å². The van der Waals surface area contributed by atoms with Crippen molar-refractivity contribution >= 4 is 30.3 Å². The van der Waals surface area contributed by atoms with Crippen LogP contribution in [0.3, 0.4) is 0 Å². The molecule has 10 heteroatoms. The van der Waals surface area contributed by atoms with Gasteiger partial charge < -0.3 is 34.4 Å². The normalized spacial score (nSPS) is 8.44. The Bertz CT molecular complexity index is 65.0. The summed E-state index contributed by atoms with van der Waals surface area (Å²) in [6.45, 7) is 3.58. The van der Waals surface area contributed by atoms with E-state index < -0.39 is 11.2 Å². The van der Waals surface area contributed by atoms with Crippen LogP contribution in [-0.4, -0.2) is 39.3 Å². The standard InChI is InChI=1S/3C2H8N2.3ClH.Fe/c3*3-1-2-4;;;;/h3*1-4H2;3*1H;/q;;;;;;+3/p-3. The van der Waals surface area contributed by atoms with Crippen molar-refractivity contribution in [3.63, 3.8) is 0 Å². The van der Waals surface area contributed by atoms with Crippen molar-refractivity contribution in [3.8, 4) is 0 Å². The van der Waals surface area contributed by atoms with Crippen LogP contribution in [-0.2, 0) is 11.2 Å². The van der Waals surface area contributed by atoms with Crippen LogP contribution < -0.4 is 34.4 Å². The number of nitrogens with two attached hydrogens (primary N) is 6. The van der Waals surface area contributed by atoms with Gasteiger partial charge in [0.1, 0.15) is 0 Å². The summed E-state index contributed by atoms with van der Waals surface area (Å²) < 4.78 is 0. The molecule has 0 aliphatic heterocycles. The molecule has 0 amide bonds. The summed E-state index contributed by atoms with van der Waals surface area (Å²) in [5.41, 5.74) is 29.4. The number of rotatable bonds is 3. The summed E-state index contributed by atoms with van der Waals surface area (Å²) in [7, 11) is 14.7. The van der Waals surface area contributed by atoms with Gasteiger partial charge in [0.25, 0.3) is 0 Å². The molecule has 0 aromatic carbocycles. The van der Waals surface area contributed by atoms with E-state index in [1.54, 1.807) is 0 Å². The summed E-state index contributed by atoms with van der Waals surface area (Å²) >= 11 is -1.33. The molecule has 0 saturated heterocycles. The molecule has 6 nitrogen and oxygen atoms in total. The zero-order valence-electron chi connectivity index (χ0n) is 9.19. The molecule has 0 radical (unpaired) electrons. The van der Waals surface area contributed by atoms with E-state index in [1.165, 1.54) is 0 Å². The summed E-state index contributed by atoms with van der Waals surface area (Å²) in [5, 5.41) is 0. The van der Waals surface area contributed by atoms with E-state index in [1.807, 2.05) is 0 Å². The summed E-state index contributed by atoms with van der Waals surface area (Å²) in [4.78, 5) is 0. The molecule has 16 heavy (non-hydrogen) atoms. The van der Waals surface area contributed by atoms with Crippen molar-refractivity contribution in [3.05, 3.63) is 0 Å². The molecule has 0 unspecified atom stereocenters. The molecular weight excluding hydrogens is 318 g/mol. The Morgan fingerprint density at radius 2 is 0.562 bits per heavy atom. The van der Waals surface area contributed by atoms with Gasteiger partial charge in [0, 0.05) is 39.3 Å². The molecule has 0 aromatic rings. The van der Waals surface area contributed by atoms with E-state index in [9.17, 15) is 0 Å². The third kappa shape index (κ3) is 176. The maximum atomic E-state index is 4.90. The molecule has 107 valence electrons. The van der Waals surface area contributed by atoms with Crippen molar-refractivity contribution in [1.29, 1.82) is 0 Å². The third-order valence-electron chi connectivity index (χ3n) is 0.500. The van der Waals surface area contributed by atoms with Gasteiger partial charge in [-0.2, -0.15) is 0 Å². The zero-order valence-corrected chi connectivity index (χ0v) is 12.6. The fraction of sp³-hybridized carbons (Fsp3) is 1.00. The Labute approximate surface area is 115 Å². The molecule has 0 rings (SSSR count). The molecule has 0 aliphatic rings. The van der Waals surface area contributed by atoms with E-state index in [4.69, 9.17) is 64.7 Å². The molecule has 0 atom stereocenters. The number of hydrogen-bond donors (Lipinski definition) is 6. The molecule has 0 aliphatic carbocycles. The average molecular weight is 343 g/mol. The molecule has 0 aromatic heterocycles. The first-order chi connectivity index (χ1) is 7.47. The van der Waals surface area contributed by atoms with Gasteiger partial charge in [-0.15, -0.1) is 0 Å². The van der Waals surface area contributed by atoms with Gasteiger partial charge in [0.05, 0.1) is 0 Å². The Kier molecular flexibility index (Phi) is 58.2. The average Bonchev–Trinajstić information content (AvgIpc) is 2.28. The van der Waals surface area contributed by atoms with Gasteiger partial charge in [-0.25, -0.2) is 0 Å². The van der Waals surface area contributed by atoms with Crippen LogP contribution >= 0.6 is 30.3 Å². The van der Waals surface area contributed by atoms with Crippen LogP contribution in [0.5, 0.6) is 0 Å². The molecule has 0 heterocycles. The summed E-state index contributed by atoms with van der Waals surface area (Å²) in [6.07, 6.45) is 0. The SMILES string of the molecule is NCCN.NCCN.NCCN.[Cl][Fe]([Cl])[Cl]. The Balaban J connectivity index is -0.0000000600. The van der Waals surface area contributed by atoms with Gasteiger partial charge in [-0.05, 0) is 0 Å². The first-order valence-electron chi connectivity index (χ1n) is 4.35. The predicted molar refractivity (Wildman–Crippen MR) is 71.9 cm³/mol. The monoisotopic (exact) mass is 341 g/mol. The van der Waals surface area contributed by atoms with Gasteiger partial charge in [0.2, 0.25) is 0 Å². The van der Waals surface area contributed by atoms with Crippen LogP contribution in [0.15, 0.2) is 0 Å². The van der Waals surface area contributed by atoms with Crippen molar-refractivity contribution < 1.29 is 11.2 Å². The molecule has 0 fully saturated rings. The Hall–Kier alpha value is 1.15. The zero-order chi connectivity index (χ0) is 13.8. The summed E-state index contributed by atoms with van der Waals surface area (Å²) in [6, 6.07) is 0. The van der Waals surface area contributed by atoms with Crippen LogP contribution in [0.25, 0.3) is 0 Å². The molecular formula is C6H24Cl3FeN6. The maximum absolute atomic E-state index is 4.90. The van der Waals surface area contributed by atoms with E-state index >= 15 is 0 Å². The topological polar surface area (TPSA) is 156 Å². The van der Waals surface area contributed by atoms with Gasteiger partial charge in [-0.1, -0.05) is 0 Å². The van der Waals surface area contributed by atoms with Crippen molar-refractivity contribution in [2.45, 2.75) is 0 Å². The van der Waals surface area contributed by atoms with Gasteiger partial charge in [-0.3, -0.25) is 0 Å². The minimum absolute atomic E-state index is 0.597. The second kappa shape index (κ2) is 36.0. The first kappa shape index (κ1) is 25.9. The Morgan fingerprint density at radius 1 is 0.500 bits per heavy atom. The van der Waals surface area contributed by atoms with E-state index in [0.717, 1.165) is 0 Å². The van der Waals surface area contributed by atoms with E-state index in [0.29, 0.717) is 39.3 Å². The number of hydrogen-bond acceptors (Lipinski definition) is 6. The second-order valence-corrected chi connectivity index (χ2v) is 7.35. The fourth-order valence-corrected chi connectivity index (χ4v) is 0. The first-order valence-corrected chi connectivity index (χ1v) is 8.91. The minimum atomic E-state index is -1.33. The quantitative estimate of drug-likeness (QED) is 0.353. The number of halogens is 3. The van der Waals surface area contributed by atoms with Crippen molar-refractivity contribution in [2.24, 2.45) is 34.4 Å². The van der Waals surface area contributed by atoms with Crippen molar-refractivity contribution in [1.82, 2.24) is 0 Å². The molecule has 12 N–H and O–H groups in total. The van der Waals surface area contributed by atoms with Gasteiger partial charge in [0.15, 0.2) is 0 Å². The van der Waals surface area contributed by atoms with E-state index in [-0.39, 0.29) is 0 Å². The molecule has 0 saturated carbocycles. The molecule has 0 spiro atoms. The van der Waals surface area contributed by atoms with Crippen LogP contribution in [0.2, 0.25) is 0 Å². The van der Waals surface area contributed by atoms with Crippen LogP contribution in [0.4, 0.5) is 0 Å². The fourth-order valence-electron chi connectivity index (χ4n) is 0. The van der Waals surface area contributed by atoms with Crippen LogP contribution in [0, 0.1) is 0 Å². The second-order valence-electron chi connectivity index (χ2n) is 1.88. The van der Waals surface area contributed by atoms with Gasteiger partial charge >= 0.3 is 41.5 Å². The molecule has 0 bridgehead atoms. The Morgan fingerprint density at radius 3 is 0.562 bits per heavy atom. The third-order valence-corrected chi connectivity index (χ3v) is 0.500. The van der Waals surface area contributed by atoms with E-state index in [2.05, 4.69) is 0 Å².